The van der Waals surface area contributed by atoms with Crippen LogP contribution in [0.1, 0.15) is 81.5 Å². The Morgan fingerprint density at radius 3 is 2.03 bits per heavy atom. The minimum absolute atomic E-state index is 0. The van der Waals surface area contributed by atoms with Gasteiger partial charge in [-0.2, -0.15) is 0 Å². The topological polar surface area (TPSA) is 35.5 Å². The highest BCUT2D eigenvalue weighted by atomic mass is 79.9. The summed E-state index contributed by atoms with van der Waals surface area (Å²) in [7, 11) is 6.10. The molecule has 1 aromatic rings. The van der Waals surface area contributed by atoms with Gasteiger partial charge in [-0.3, -0.25) is 4.79 Å². The molecule has 0 radical (unpaired) electrons. The Bertz CT molecular complexity index is 549. The monoisotopic (exact) mass is 471 g/mol. The summed E-state index contributed by atoms with van der Waals surface area (Å²) in [6, 6.07) is 5.39. The molecule has 0 fully saturated rings. The lowest BCUT2D eigenvalue weighted by molar-refractivity contribution is -0.890. The SMILES string of the molecule is CCCCCCCCCCCC[N+](C)(C)CCOc1c(C=O)cccc1OC.[Br-]. The van der Waals surface area contributed by atoms with Crippen molar-refractivity contribution >= 4 is 6.29 Å². The molecule has 0 aliphatic carbocycles. The van der Waals surface area contributed by atoms with Crippen molar-refractivity contribution in [2.24, 2.45) is 0 Å². The fraction of sp³-hybridized carbons (Fsp3) is 0.708. The largest absolute Gasteiger partial charge is 1.00 e. The number of methoxy groups -OCH3 is 1. The number of para-hydroxylation sites is 1. The van der Waals surface area contributed by atoms with Gasteiger partial charge in [0, 0.05) is 0 Å². The van der Waals surface area contributed by atoms with Crippen molar-refractivity contribution in [2.45, 2.75) is 71.1 Å². The van der Waals surface area contributed by atoms with Crippen LogP contribution in [-0.2, 0) is 0 Å². The van der Waals surface area contributed by atoms with E-state index in [1.807, 2.05) is 6.07 Å². The third-order valence-electron chi connectivity index (χ3n) is 5.42. The highest BCUT2D eigenvalue weighted by Gasteiger charge is 2.16. The number of ether oxygens (including phenoxy) is 2. The van der Waals surface area contributed by atoms with Crippen LogP contribution in [0.2, 0.25) is 0 Å². The van der Waals surface area contributed by atoms with E-state index in [-0.39, 0.29) is 17.0 Å². The van der Waals surface area contributed by atoms with Crippen molar-refractivity contribution < 1.29 is 35.7 Å². The average molecular weight is 473 g/mol. The zero-order valence-electron chi connectivity index (χ0n) is 19.1. The standard InChI is InChI=1S/C24H42NO3.BrH/c1-5-6-7-8-9-10-11-12-13-14-18-25(2,3)19-20-28-24-22(21-26)16-15-17-23(24)27-4;/h15-17,21H,5-14,18-20H2,1-4H3;1H/q+1;/p-1. The Morgan fingerprint density at radius 2 is 1.48 bits per heavy atom. The number of halogens is 1. The van der Waals surface area contributed by atoms with E-state index in [9.17, 15) is 4.79 Å². The summed E-state index contributed by atoms with van der Waals surface area (Å²) in [5.74, 6) is 1.17. The first-order chi connectivity index (χ1) is 13.5. The van der Waals surface area contributed by atoms with Gasteiger partial charge in [0.05, 0.1) is 33.3 Å². The smallest absolute Gasteiger partial charge is 0.171 e. The molecule has 0 aliphatic rings. The Hall–Kier alpha value is -1.07. The van der Waals surface area contributed by atoms with Crippen LogP contribution in [0.15, 0.2) is 18.2 Å². The van der Waals surface area contributed by atoms with Gasteiger partial charge < -0.3 is 30.9 Å². The molecule has 0 N–H and O–H groups in total. The molecule has 5 heteroatoms. The van der Waals surface area contributed by atoms with E-state index < -0.39 is 0 Å². The molecule has 0 amide bonds. The molecule has 0 unspecified atom stereocenters. The van der Waals surface area contributed by atoms with Gasteiger partial charge >= 0.3 is 0 Å². The van der Waals surface area contributed by atoms with Crippen LogP contribution in [-0.4, -0.2) is 51.7 Å². The van der Waals surface area contributed by atoms with Crippen LogP contribution < -0.4 is 26.5 Å². The number of hydrogen-bond acceptors (Lipinski definition) is 3. The van der Waals surface area contributed by atoms with E-state index in [1.54, 1.807) is 19.2 Å². The maximum absolute atomic E-state index is 11.2. The molecule has 0 spiro atoms. The molecule has 1 rings (SSSR count). The lowest BCUT2D eigenvalue weighted by atomic mass is 10.1. The van der Waals surface area contributed by atoms with Crippen LogP contribution in [0.5, 0.6) is 11.5 Å². The van der Waals surface area contributed by atoms with Gasteiger partial charge in [0.1, 0.15) is 13.2 Å². The summed E-state index contributed by atoms with van der Waals surface area (Å²) in [5.41, 5.74) is 0.541. The van der Waals surface area contributed by atoms with Crippen molar-refractivity contribution in [3.63, 3.8) is 0 Å². The highest BCUT2D eigenvalue weighted by molar-refractivity contribution is 5.81. The summed E-state index contributed by atoms with van der Waals surface area (Å²) < 4.78 is 12.2. The number of rotatable bonds is 17. The first-order valence-corrected chi connectivity index (χ1v) is 11.1. The molecular formula is C24H42BrNO3. The predicted molar refractivity (Wildman–Crippen MR) is 118 cm³/mol. The van der Waals surface area contributed by atoms with Crippen molar-refractivity contribution in [3.8, 4) is 11.5 Å². The van der Waals surface area contributed by atoms with Gasteiger partial charge in [-0.1, -0.05) is 64.4 Å². The summed E-state index contributed by atoms with van der Waals surface area (Å²) in [6.07, 6.45) is 14.5. The number of aldehydes is 1. The molecule has 0 bridgehead atoms. The van der Waals surface area contributed by atoms with Crippen LogP contribution in [0, 0.1) is 0 Å². The average Bonchev–Trinajstić information content (AvgIpc) is 2.69. The third-order valence-corrected chi connectivity index (χ3v) is 5.42. The molecule has 0 saturated carbocycles. The fourth-order valence-corrected chi connectivity index (χ4v) is 3.47. The lowest BCUT2D eigenvalue weighted by Gasteiger charge is -2.30. The molecule has 4 nitrogen and oxygen atoms in total. The lowest BCUT2D eigenvalue weighted by Crippen LogP contribution is -3.00. The Labute approximate surface area is 189 Å². The first-order valence-electron chi connectivity index (χ1n) is 11.1. The number of likely N-dealkylation sites (N-methyl/N-ethyl adjacent to an activating group) is 1. The fourth-order valence-electron chi connectivity index (χ4n) is 3.47. The Kier molecular flexibility index (Phi) is 16.1. The van der Waals surface area contributed by atoms with Crippen LogP contribution in [0.3, 0.4) is 0 Å². The zero-order valence-corrected chi connectivity index (χ0v) is 20.6. The van der Waals surface area contributed by atoms with Gasteiger partial charge in [-0.05, 0) is 25.0 Å². The minimum Gasteiger partial charge on any atom is -1.00 e. The van der Waals surface area contributed by atoms with E-state index in [0.717, 1.165) is 23.9 Å². The number of unbranched alkanes of at least 4 members (excludes halogenated alkanes) is 9. The van der Waals surface area contributed by atoms with Crippen molar-refractivity contribution in [3.05, 3.63) is 23.8 Å². The number of benzene rings is 1. The van der Waals surface area contributed by atoms with Crippen molar-refractivity contribution in [1.29, 1.82) is 0 Å². The van der Waals surface area contributed by atoms with Crippen molar-refractivity contribution in [1.82, 2.24) is 0 Å². The third kappa shape index (κ3) is 12.3. The number of quaternary nitrogens is 1. The molecular weight excluding hydrogens is 430 g/mol. The number of hydrogen-bond donors (Lipinski definition) is 0. The maximum atomic E-state index is 11.2. The molecule has 1 aromatic carbocycles. The summed E-state index contributed by atoms with van der Waals surface area (Å²) in [4.78, 5) is 11.2. The van der Waals surface area contributed by atoms with E-state index in [2.05, 4.69) is 21.0 Å². The first kappa shape index (κ1) is 27.9. The van der Waals surface area contributed by atoms with E-state index in [4.69, 9.17) is 9.47 Å². The quantitative estimate of drug-likeness (QED) is 0.199. The minimum atomic E-state index is 0. The second kappa shape index (κ2) is 16.7. The highest BCUT2D eigenvalue weighted by Crippen LogP contribution is 2.30. The van der Waals surface area contributed by atoms with Gasteiger partial charge in [-0.15, -0.1) is 0 Å². The molecule has 168 valence electrons. The van der Waals surface area contributed by atoms with E-state index >= 15 is 0 Å². The Balaban J connectivity index is 0.00000784. The molecule has 0 heterocycles. The Morgan fingerprint density at radius 1 is 0.897 bits per heavy atom. The number of carbonyl (C=O) groups excluding carboxylic acids is 1. The number of nitrogens with zero attached hydrogens (tertiary/aromatic N) is 1. The normalized spacial score (nSPS) is 11.0. The van der Waals surface area contributed by atoms with Crippen LogP contribution >= 0.6 is 0 Å². The molecule has 0 aromatic heterocycles. The maximum Gasteiger partial charge on any atom is 0.171 e. The summed E-state index contributed by atoms with van der Waals surface area (Å²) >= 11 is 0. The van der Waals surface area contributed by atoms with E-state index in [0.29, 0.717) is 23.7 Å². The van der Waals surface area contributed by atoms with E-state index in [1.165, 1.54) is 64.2 Å². The van der Waals surface area contributed by atoms with Gasteiger partial charge in [0.2, 0.25) is 0 Å². The van der Waals surface area contributed by atoms with Gasteiger partial charge in [0.25, 0.3) is 0 Å². The van der Waals surface area contributed by atoms with Gasteiger partial charge in [-0.25, -0.2) is 0 Å². The molecule has 29 heavy (non-hydrogen) atoms. The molecule has 0 atom stereocenters. The van der Waals surface area contributed by atoms with Crippen molar-refractivity contribution in [2.75, 3.05) is 40.9 Å². The second-order valence-corrected chi connectivity index (χ2v) is 8.41. The predicted octanol–water partition coefficient (Wildman–Crippen LogP) is 2.89. The summed E-state index contributed by atoms with van der Waals surface area (Å²) in [5, 5.41) is 0. The summed E-state index contributed by atoms with van der Waals surface area (Å²) in [6.45, 7) is 4.92. The van der Waals surface area contributed by atoms with Crippen LogP contribution in [0.25, 0.3) is 0 Å². The number of carbonyl (C=O) groups is 1. The van der Waals surface area contributed by atoms with Crippen LogP contribution in [0.4, 0.5) is 0 Å². The second-order valence-electron chi connectivity index (χ2n) is 8.41. The zero-order chi connectivity index (χ0) is 20.7. The molecule has 0 aliphatic heterocycles. The van der Waals surface area contributed by atoms with Gasteiger partial charge in [0.15, 0.2) is 17.8 Å². The molecule has 0 saturated heterocycles.